The lowest BCUT2D eigenvalue weighted by atomic mass is 10.5. The summed E-state index contributed by atoms with van der Waals surface area (Å²) in [6, 6.07) is 0. The first-order valence-corrected chi connectivity index (χ1v) is 3.49. The Bertz CT molecular complexity index is 53.5. The van der Waals surface area contributed by atoms with Crippen LogP contribution < -0.4 is 0 Å². The normalized spacial score (nSPS) is 43.0. The minimum atomic E-state index is 0.745. The summed E-state index contributed by atoms with van der Waals surface area (Å²) in [7, 11) is 0. The van der Waals surface area contributed by atoms with Gasteiger partial charge in [-0.15, -0.1) is 11.6 Å². The molecule has 6 heavy (non-hydrogen) atoms. The third-order valence-corrected chi connectivity index (χ3v) is 2.55. The molecule has 0 N–H and O–H groups in total. The smallest absolute Gasteiger partial charge is 0.0262 e. The van der Waals surface area contributed by atoms with Crippen molar-refractivity contribution in [2.75, 3.05) is 5.88 Å². The zero-order valence-corrected chi connectivity index (χ0v) is 5.67. The molecule has 0 spiro atoms. The summed E-state index contributed by atoms with van der Waals surface area (Å²) in [4.78, 5) is 0.745. The van der Waals surface area contributed by atoms with Crippen molar-refractivity contribution in [2.24, 2.45) is 5.92 Å². The number of hydrogen-bond donors (Lipinski definition) is 0. The van der Waals surface area contributed by atoms with Gasteiger partial charge >= 0.3 is 0 Å². The summed E-state index contributed by atoms with van der Waals surface area (Å²) < 4.78 is 0. The van der Waals surface area contributed by atoms with Gasteiger partial charge in [0.1, 0.15) is 0 Å². The van der Waals surface area contributed by atoms with E-state index in [4.69, 9.17) is 11.6 Å². The van der Waals surface area contributed by atoms with Crippen molar-refractivity contribution >= 4 is 27.5 Å². The molecular weight excluding hydrogens is 163 g/mol. The van der Waals surface area contributed by atoms with Crippen LogP contribution in [0.15, 0.2) is 0 Å². The molecule has 2 atom stereocenters. The van der Waals surface area contributed by atoms with Crippen molar-refractivity contribution in [1.29, 1.82) is 0 Å². The van der Waals surface area contributed by atoms with Gasteiger partial charge in [0.2, 0.25) is 0 Å². The summed E-state index contributed by atoms with van der Waals surface area (Å²) in [6.45, 7) is 0. The van der Waals surface area contributed by atoms with Crippen LogP contribution in [0.5, 0.6) is 0 Å². The Labute approximate surface area is 51.0 Å². The van der Waals surface area contributed by atoms with Crippen LogP contribution in [0.4, 0.5) is 0 Å². The van der Waals surface area contributed by atoms with Gasteiger partial charge in [-0.2, -0.15) is 0 Å². The van der Waals surface area contributed by atoms with E-state index >= 15 is 0 Å². The number of halogens is 2. The Morgan fingerprint density at radius 2 is 2.33 bits per heavy atom. The molecule has 1 rings (SSSR count). The van der Waals surface area contributed by atoms with E-state index in [2.05, 4.69) is 15.9 Å². The van der Waals surface area contributed by atoms with Crippen molar-refractivity contribution in [2.45, 2.75) is 11.2 Å². The van der Waals surface area contributed by atoms with Crippen LogP contribution in [0.1, 0.15) is 6.42 Å². The van der Waals surface area contributed by atoms with Crippen molar-refractivity contribution < 1.29 is 0 Å². The molecule has 0 saturated heterocycles. The molecule has 0 amide bonds. The van der Waals surface area contributed by atoms with Crippen molar-refractivity contribution in [1.82, 2.24) is 0 Å². The van der Waals surface area contributed by atoms with E-state index in [9.17, 15) is 0 Å². The predicted molar refractivity (Wildman–Crippen MR) is 31.5 cm³/mol. The minimum absolute atomic E-state index is 0.745. The fourth-order valence-electron chi connectivity index (χ4n) is 0.370. The first-order valence-electron chi connectivity index (χ1n) is 2.04. The monoisotopic (exact) mass is 168 g/mol. The highest BCUT2D eigenvalue weighted by atomic mass is 79.9. The lowest BCUT2D eigenvalue weighted by molar-refractivity contribution is 1.00. The molecule has 0 heterocycles. The maximum Gasteiger partial charge on any atom is 0.0262 e. The van der Waals surface area contributed by atoms with Gasteiger partial charge < -0.3 is 0 Å². The lowest BCUT2D eigenvalue weighted by Gasteiger charge is -1.75. The van der Waals surface area contributed by atoms with Gasteiger partial charge in [-0.3, -0.25) is 0 Å². The fourth-order valence-corrected chi connectivity index (χ4v) is 1.59. The zero-order valence-electron chi connectivity index (χ0n) is 3.32. The highest BCUT2D eigenvalue weighted by molar-refractivity contribution is 9.09. The summed E-state index contributed by atoms with van der Waals surface area (Å²) in [5.74, 6) is 1.61. The van der Waals surface area contributed by atoms with Gasteiger partial charge in [-0.25, -0.2) is 0 Å². The van der Waals surface area contributed by atoms with Crippen molar-refractivity contribution in [3.8, 4) is 0 Å². The summed E-state index contributed by atoms with van der Waals surface area (Å²) >= 11 is 8.89. The quantitative estimate of drug-likeness (QED) is 0.527. The summed E-state index contributed by atoms with van der Waals surface area (Å²) in [5, 5.41) is 0. The van der Waals surface area contributed by atoms with Crippen LogP contribution in [-0.2, 0) is 0 Å². The van der Waals surface area contributed by atoms with E-state index in [1.54, 1.807) is 0 Å². The van der Waals surface area contributed by atoms with Crippen LogP contribution >= 0.6 is 27.5 Å². The molecule has 2 heteroatoms. The predicted octanol–water partition coefficient (Wildman–Crippen LogP) is 2.01. The standard InChI is InChI=1S/C4H6BrCl/c5-4-1-3(4)2-6/h3-4H,1-2H2. The van der Waals surface area contributed by atoms with E-state index < -0.39 is 0 Å². The Morgan fingerprint density at radius 3 is 2.33 bits per heavy atom. The Morgan fingerprint density at radius 1 is 1.83 bits per heavy atom. The molecule has 0 aromatic carbocycles. The maximum atomic E-state index is 5.46. The number of hydrogen-bond acceptors (Lipinski definition) is 0. The van der Waals surface area contributed by atoms with Gasteiger partial charge in [-0.05, 0) is 12.3 Å². The van der Waals surface area contributed by atoms with E-state index in [1.807, 2.05) is 0 Å². The highest BCUT2D eigenvalue weighted by Crippen LogP contribution is 2.38. The van der Waals surface area contributed by atoms with Gasteiger partial charge in [0, 0.05) is 10.7 Å². The van der Waals surface area contributed by atoms with Crippen LogP contribution in [-0.4, -0.2) is 10.7 Å². The van der Waals surface area contributed by atoms with E-state index in [-0.39, 0.29) is 0 Å². The third-order valence-electron chi connectivity index (χ3n) is 1.03. The average molecular weight is 169 g/mol. The molecule has 1 aliphatic rings. The van der Waals surface area contributed by atoms with E-state index in [0.717, 1.165) is 16.6 Å². The molecule has 1 saturated carbocycles. The van der Waals surface area contributed by atoms with Gasteiger partial charge in [0.15, 0.2) is 0 Å². The van der Waals surface area contributed by atoms with Gasteiger partial charge in [-0.1, -0.05) is 15.9 Å². The van der Waals surface area contributed by atoms with Crippen molar-refractivity contribution in [3.63, 3.8) is 0 Å². The topological polar surface area (TPSA) is 0 Å². The molecule has 0 nitrogen and oxygen atoms in total. The molecule has 2 unspecified atom stereocenters. The van der Waals surface area contributed by atoms with Crippen LogP contribution in [0.25, 0.3) is 0 Å². The summed E-state index contributed by atoms with van der Waals surface area (Å²) in [6.07, 6.45) is 1.28. The second-order valence-corrected chi connectivity index (χ2v) is 3.15. The van der Waals surface area contributed by atoms with Crippen LogP contribution in [0.2, 0.25) is 0 Å². The van der Waals surface area contributed by atoms with Gasteiger partial charge in [0.05, 0.1) is 0 Å². The SMILES string of the molecule is ClCC1CC1Br. The second kappa shape index (κ2) is 1.71. The Kier molecular flexibility index (Phi) is 1.40. The number of rotatable bonds is 1. The Hall–Kier alpha value is 0.770. The van der Waals surface area contributed by atoms with Crippen molar-refractivity contribution in [3.05, 3.63) is 0 Å². The Balaban J connectivity index is 2.09. The number of alkyl halides is 2. The van der Waals surface area contributed by atoms with E-state index in [1.165, 1.54) is 6.42 Å². The molecular formula is C4H6BrCl. The molecule has 1 fully saturated rings. The fraction of sp³-hybridized carbons (Fsp3) is 1.00. The van der Waals surface area contributed by atoms with Gasteiger partial charge in [0.25, 0.3) is 0 Å². The molecule has 0 bridgehead atoms. The van der Waals surface area contributed by atoms with Crippen LogP contribution in [0.3, 0.4) is 0 Å². The first-order chi connectivity index (χ1) is 2.84. The molecule has 0 aromatic rings. The zero-order chi connectivity index (χ0) is 4.57. The lowest BCUT2D eigenvalue weighted by Crippen LogP contribution is -1.75. The first kappa shape index (κ1) is 4.92. The average Bonchev–Trinajstić information content (AvgIpc) is 2.19. The minimum Gasteiger partial charge on any atom is -0.126 e. The second-order valence-electron chi connectivity index (χ2n) is 1.67. The molecule has 36 valence electrons. The molecule has 0 radical (unpaired) electrons. The highest BCUT2D eigenvalue weighted by Gasteiger charge is 2.32. The third kappa shape index (κ3) is 0.881. The van der Waals surface area contributed by atoms with E-state index in [0.29, 0.717) is 0 Å². The molecule has 0 aliphatic heterocycles. The van der Waals surface area contributed by atoms with Crippen LogP contribution in [0, 0.1) is 5.92 Å². The largest absolute Gasteiger partial charge is 0.126 e. The summed E-state index contributed by atoms with van der Waals surface area (Å²) in [5.41, 5.74) is 0. The molecule has 1 aliphatic carbocycles. The maximum absolute atomic E-state index is 5.46. The molecule has 0 aromatic heterocycles.